The predicted molar refractivity (Wildman–Crippen MR) is 183 cm³/mol. The molecule has 1 atom stereocenters. The van der Waals surface area contributed by atoms with Crippen LogP contribution in [0, 0.1) is 0 Å². The van der Waals surface area contributed by atoms with Gasteiger partial charge in [0.2, 0.25) is 17.7 Å². The van der Waals surface area contributed by atoms with E-state index in [-0.39, 0.29) is 36.4 Å². The fraction of sp³-hybridized carbons (Fsp3) is 0.371. The lowest BCUT2D eigenvalue weighted by molar-refractivity contribution is -0.132. The van der Waals surface area contributed by atoms with Gasteiger partial charge in [0.05, 0.1) is 15.2 Å². The van der Waals surface area contributed by atoms with Crippen LogP contribution >= 0.6 is 11.3 Å². The molecule has 0 radical (unpaired) electrons. The Morgan fingerprint density at radius 1 is 0.894 bits per heavy atom. The highest BCUT2D eigenvalue weighted by molar-refractivity contribution is 7.18. The van der Waals surface area contributed by atoms with Gasteiger partial charge in [0.25, 0.3) is 5.91 Å². The van der Waals surface area contributed by atoms with Crippen LogP contribution < -0.4 is 21.3 Å². The third kappa shape index (κ3) is 10.3. The lowest BCUT2D eigenvalue weighted by Crippen LogP contribution is -2.50. The summed E-state index contributed by atoms with van der Waals surface area (Å²) >= 11 is 1.69. The van der Waals surface area contributed by atoms with Crippen molar-refractivity contribution in [3.8, 4) is 0 Å². The molecule has 12 heteroatoms. The topological polar surface area (TPSA) is 145 Å². The van der Waals surface area contributed by atoms with Crippen molar-refractivity contribution in [3.05, 3.63) is 89.2 Å². The molecular weight excluding hydrogens is 614 g/mol. The van der Waals surface area contributed by atoms with Gasteiger partial charge in [-0.2, -0.15) is 0 Å². The molecule has 4 N–H and O–H groups in total. The first-order valence-electron chi connectivity index (χ1n) is 16.2. The van der Waals surface area contributed by atoms with E-state index in [1.54, 1.807) is 28.4 Å². The molecule has 0 unspecified atom stereocenters. The Balaban J connectivity index is 1.22. The summed E-state index contributed by atoms with van der Waals surface area (Å²) in [4.78, 5) is 63.1. The number of hydrogen-bond donors (Lipinski definition) is 4. The standard InChI is InChI=1S/C35H41N7O4S/c43-31-13-8-21-42(33(44)15-7-6-14-32-40-27-11-4-5-12-30(27)47-32)22-20-39-34(45)29(23-25-9-2-1-3-10-25)41-35(46)28-24-26(16-17-37-28)36-18-19-38-31/h1-5,9-12,16-17,24,29,36H,6-8,13-15,18-23H2,(H,38,43)(H,39,45)(H,41,46)/t29-/m0/s1. The number of benzene rings is 2. The second kappa shape index (κ2) is 17.2. The summed E-state index contributed by atoms with van der Waals surface area (Å²) in [6, 6.07) is 20.1. The third-order valence-corrected chi connectivity index (χ3v) is 9.00. The molecule has 4 aromatic rings. The van der Waals surface area contributed by atoms with Gasteiger partial charge < -0.3 is 26.2 Å². The monoisotopic (exact) mass is 655 g/mol. The van der Waals surface area contributed by atoms with Crippen LogP contribution in [0.5, 0.6) is 0 Å². The average molecular weight is 656 g/mol. The number of anilines is 1. The van der Waals surface area contributed by atoms with Crippen molar-refractivity contribution in [2.75, 3.05) is 38.0 Å². The van der Waals surface area contributed by atoms with Crippen LogP contribution in [-0.4, -0.2) is 77.3 Å². The molecule has 0 saturated heterocycles. The van der Waals surface area contributed by atoms with Crippen LogP contribution in [-0.2, 0) is 27.2 Å². The van der Waals surface area contributed by atoms with Gasteiger partial charge in [-0.1, -0.05) is 42.5 Å². The van der Waals surface area contributed by atoms with Crippen molar-refractivity contribution in [2.24, 2.45) is 0 Å². The van der Waals surface area contributed by atoms with Gasteiger partial charge in [-0.25, -0.2) is 4.98 Å². The van der Waals surface area contributed by atoms with Gasteiger partial charge >= 0.3 is 0 Å². The summed E-state index contributed by atoms with van der Waals surface area (Å²) < 4.78 is 1.16. The number of unbranched alkanes of at least 4 members (excludes halogenated alkanes) is 1. The summed E-state index contributed by atoms with van der Waals surface area (Å²) in [7, 11) is 0. The molecule has 2 bridgehead atoms. The number of rotatable bonds is 7. The molecule has 5 rings (SSSR count). The van der Waals surface area contributed by atoms with Gasteiger partial charge in [0.1, 0.15) is 11.7 Å². The van der Waals surface area contributed by atoms with Crippen LogP contribution in [0.3, 0.4) is 0 Å². The zero-order chi connectivity index (χ0) is 32.8. The Kier molecular flexibility index (Phi) is 12.3. The molecule has 1 aliphatic heterocycles. The minimum Gasteiger partial charge on any atom is -0.383 e. The number of pyridine rings is 1. The lowest BCUT2D eigenvalue weighted by atomic mass is 10.0. The number of thiazole rings is 1. The first kappa shape index (κ1) is 33.5. The number of nitrogens with zero attached hydrogens (tertiary/aromatic N) is 3. The summed E-state index contributed by atoms with van der Waals surface area (Å²) in [5.41, 5.74) is 2.74. The van der Waals surface area contributed by atoms with E-state index < -0.39 is 11.9 Å². The number of para-hydroxylation sites is 1. The Hall–Kier alpha value is -4.84. The molecule has 47 heavy (non-hydrogen) atoms. The number of fused-ring (bicyclic) bond motifs is 3. The second-order valence-electron chi connectivity index (χ2n) is 11.5. The summed E-state index contributed by atoms with van der Waals surface area (Å²) in [5.74, 6) is -0.936. The normalized spacial score (nSPS) is 17.0. The van der Waals surface area contributed by atoms with Crippen molar-refractivity contribution >= 4 is 50.9 Å². The van der Waals surface area contributed by atoms with Gasteiger partial charge in [0.15, 0.2) is 0 Å². The number of aryl methyl sites for hydroxylation is 1. The molecule has 0 fully saturated rings. The number of amides is 4. The first-order chi connectivity index (χ1) is 22.9. The highest BCUT2D eigenvalue weighted by Crippen LogP contribution is 2.23. The summed E-state index contributed by atoms with van der Waals surface area (Å²) in [5, 5.41) is 12.9. The molecular formula is C35H41N7O4S. The van der Waals surface area contributed by atoms with Crippen molar-refractivity contribution in [3.63, 3.8) is 0 Å². The Morgan fingerprint density at radius 2 is 1.70 bits per heavy atom. The highest BCUT2D eigenvalue weighted by atomic mass is 32.1. The molecule has 0 spiro atoms. The van der Waals surface area contributed by atoms with Crippen molar-refractivity contribution in [1.29, 1.82) is 0 Å². The zero-order valence-corrected chi connectivity index (χ0v) is 27.2. The number of carbonyl (C=O) groups excluding carboxylic acids is 4. The minimum atomic E-state index is -0.848. The predicted octanol–water partition coefficient (Wildman–Crippen LogP) is 3.71. The molecule has 2 aromatic carbocycles. The van der Waals surface area contributed by atoms with Crippen molar-refractivity contribution in [1.82, 2.24) is 30.8 Å². The van der Waals surface area contributed by atoms with Gasteiger partial charge in [-0.15, -0.1) is 11.3 Å². The van der Waals surface area contributed by atoms with E-state index in [1.807, 2.05) is 48.5 Å². The minimum absolute atomic E-state index is 0.0152. The second-order valence-corrected chi connectivity index (χ2v) is 12.6. The number of aromatic nitrogens is 2. The number of hydrogen-bond acceptors (Lipinski definition) is 8. The van der Waals surface area contributed by atoms with Crippen LogP contribution in [0.15, 0.2) is 72.9 Å². The van der Waals surface area contributed by atoms with E-state index in [0.717, 1.165) is 33.6 Å². The maximum absolute atomic E-state index is 13.4. The Labute approximate surface area is 278 Å². The fourth-order valence-corrected chi connectivity index (χ4v) is 6.43. The maximum Gasteiger partial charge on any atom is 0.270 e. The molecule has 246 valence electrons. The molecule has 0 saturated carbocycles. The van der Waals surface area contributed by atoms with Crippen LogP contribution in [0.25, 0.3) is 10.2 Å². The molecule has 4 amide bonds. The van der Waals surface area contributed by atoms with Crippen LogP contribution in [0.2, 0.25) is 0 Å². The van der Waals surface area contributed by atoms with E-state index >= 15 is 0 Å². The first-order valence-corrected chi connectivity index (χ1v) is 17.0. The summed E-state index contributed by atoms with van der Waals surface area (Å²) in [6.07, 6.45) is 5.34. The molecule has 0 aliphatic carbocycles. The SMILES string of the molecule is O=C1CCCN(C(=O)CCCCc2nc3ccccc3s2)CCNC(=O)[C@H](Cc2ccccc2)NC(=O)c2cc(ccn2)NCCN1. The van der Waals surface area contributed by atoms with E-state index in [4.69, 9.17) is 4.98 Å². The summed E-state index contributed by atoms with van der Waals surface area (Å²) in [6.45, 7) is 1.76. The van der Waals surface area contributed by atoms with Crippen LogP contribution in [0.1, 0.15) is 53.2 Å². The number of carbonyl (C=O) groups is 4. The van der Waals surface area contributed by atoms with Gasteiger partial charge in [-0.05, 0) is 55.5 Å². The molecule has 11 nitrogen and oxygen atoms in total. The fourth-order valence-electron chi connectivity index (χ4n) is 5.42. The molecule has 2 aromatic heterocycles. The van der Waals surface area contributed by atoms with E-state index in [2.05, 4.69) is 32.3 Å². The zero-order valence-electron chi connectivity index (χ0n) is 26.4. The highest BCUT2D eigenvalue weighted by Gasteiger charge is 2.23. The van der Waals surface area contributed by atoms with Crippen molar-refractivity contribution < 1.29 is 19.2 Å². The number of nitrogens with one attached hydrogen (secondary N) is 4. The molecule has 3 heterocycles. The maximum atomic E-state index is 13.4. The average Bonchev–Trinajstić information content (AvgIpc) is 3.50. The van der Waals surface area contributed by atoms with Crippen LogP contribution in [0.4, 0.5) is 5.69 Å². The van der Waals surface area contributed by atoms with E-state index in [0.29, 0.717) is 57.5 Å². The quantitative estimate of drug-likeness (QED) is 0.222. The Morgan fingerprint density at radius 3 is 2.55 bits per heavy atom. The smallest absolute Gasteiger partial charge is 0.270 e. The van der Waals surface area contributed by atoms with E-state index in [1.165, 1.54) is 6.20 Å². The van der Waals surface area contributed by atoms with Gasteiger partial charge in [0, 0.05) is 63.9 Å². The lowest BCUT2D eigenvalue weighted by Gasteiger charge is -2.24. The third-order valence-electron chi connectivity index (χ3n) is 7.91. The van der Waals surface area contributed by atoms with E-state index in [9.17, 15) is 19.2 Å². The molecule has 1 aliphatic rings. The Bertz CT molecular complexity index is 1630. The largest absolute Gasteiger partial charge is 0.383 e. The van der Waals surface area contributed by atoms with Crippen molar-refractivity contribution in [2.45, 2.75) is 51.0 Å². The van der Waals surface area contributed by atoms with Gasteiger partial charge in [-0.3, -0.25) is 24.2 Å².